The predicted octanol–water partition coefficient (Wildman–Crippen LogP) is 3.05. The van der Waals surface area contributed by atoms with E-state index in [0.29, 0.717) is 29.5 Å². The Morgan fingerprint density at radius 1 is 1.11 bits per heavy atom. The Balaban J connectivity index is 2.22. The molecule has 8 nitrogen and oxygen atoms in total. The van der Waals surface area contributed by atoms with Crippen molar-refractivity contribution in [3.63, 3.8) is 0 Å². The topological polar surface area (TPSA) is 109 Å². The molecule has 28 heavy (non-hydrogen) atoms. The Morgan fingerprint density at radius 3 is 2.18 bits per heavy atom. The first-order valence-corrected chi connectivity index (χ1v) is 9.18. The number of carbonyl (C=O) groups excluding carboxylic acids is 1. The summed E-state index contributed by atoms with van der Waals surface area (Å²) in [4.78, 5) is 20.7. The zero-order valence-electron chi connectivity index (χ0n) is 17.0. The smallest absolute Gasteiger partial charge is 0.231 e. The minimum absolute atomic E-state index is 0.0660. The number of hydrogen-bond acceptors (Lipinski definition) is 7. The maximum atomic E-state index is 12.2. The maximum absolute atomic E-state index is 12.2. The van der Waals surface area contributed by atoms with Crippen molar-refractivity contribution in [1.82, 2.24) is 9.97 Å². The molecule has 2 rings (SSSR count). The van der Waals surface area contributed by atoms with Gasteiger partial charge in [-0.15, -0.1) is 0 Å². The lowest BCUT2D eigenvalue weighted by atomic mass is 10.0. The number of carbonyl (C=O) groups is 1. The van der Waals surface area contributed by atoms with Crippen LogP contribution in [-0.4, -0.2) is 37.2 Å². The van der Waals surface area contributed by atoms with E-state index in [-0.39, 0.29) is 17.8 Å². The molecule has 8 heteroatoms. The summed E-state index contributed by atoms with van der Waals surface area (Å²) in [5, 5.41) is 2.73. The molecule has 2 aromatic rings. The van der Waals surface area contributed by atoms with Crippen LogP contribution in [0.5, 0.6) is 17.2 Å². The van der Waals surface area contributed by atoms with Crippen molar-refractivity contribution >= 4 is 17.7 Å². The van der Waals surface area contributed by atoms with Crippen LogP contribution in [0.1, 0.15) is 37.8 Å². The molecule has 1 heterocycles. The summed E-state index contributed by atoms with van der Waals surface area (Å²) in [6.07, 6.45) is 3.62. The third-order valence-electron chi connectivity index (χ3n) is 4.61. The number of rotatable bonds is 9. The van der Waals surface area contributed by atoms with Crippen molar-refractivity contribution in [3.8, 4) is 17.2 Å². The number of hydrogen-bond donors (Lipinski definition) is 2. The second kappa shape index (κ2) is 9.77. The second-order valence-corrected chi connectivity index (χ2v) is 6.32. The molecule has 0 aliphatic heterocycles. The Bertz CT molecular complexity index is 797. The van der Waals surface area contributed by atoms with Crippen molar-refractivity contribution in [3.05, 3.63) is 29.5 Å². The number of nitrogen functional groups attached to an aromatic ring is 1. The highest BCUT2D eigenvalue weighted by Gasteiger charge is 2.17. The quantitative estimate of drug-likeness (QED) is 0.679. The molecule has 0 saturated carbocycles. The monoisotopic (exact) mass is 388 g/mol. The first-order chi connectivity index (χ1) is 13.5. The van der Waals surface area contributed by atoms with Crippen molar-refractivity contribution < 1.29 is 19.0 Å². The lowest BCUT2D eigenvalue weighted by Crippen LogP contribution is -2.23. The predicted molar refractivity (Wildman–Crippen MR) is 108 cm³/mol. The Morgan fingerprint density at radius 2 is 1.71 bits per heavy atom. The van der Waals surface area contributed by atoms with Gasteiger partial charge in [0.05, 0.1) is 21.3 Å². The van der Waals surface area contributed by atoms with Gasteiger partial charge in [-0.3, -0.25) is 10.1 Å². The largest absolute Gasteiger partial charge is 0.493 e. The van der Waals surface area contributed by atoms with Crippen LogP contribution in [0.4, 0.5) is 11.8 Å². The summed E-state index contributed by atoms with van der Waals surface area (Å²) in [6.45, 7) is 3.95. The molecule has 1 amide bonds. The number of anilines is 2. The summed E-state index contributed by atoms with van der Waals surface area (Å²) < 4.78 is 16.1. The van der Waals surface area contributed by atoms with Crippen LogP contribution in [0, 0.1) is 5.92 Å². The first-order valence-electron chi connectivity index (χ1n) is 9.18. The normalized spacial score (nSPS) is 10.6. The zero-order chi connectivity index (χ0) is 20.7. The van der Waals surface area contributed by atoms with Crippen LogP contribution in [0.3, 0.4) is 0 Å². The highest BCUT2D eigenvalue weighted by Crippen LogP contribution is 2.38. The van der Waals surface area contributed by atoms with Gasteiger partial charge in [0.25, 0.3) is 0 Å². The number of ether oxygens (including phenoxy) is 3. The van der Waals surface area contributed by atoms with E-state index in [1.165, 1.54) is 0 Å². The van der Waals surface area contributed by atoms with Crippen molar-refractivity contribution in [2.45, 2.75) is 33.1 Å². The summed E-state index contributed by atoms with van der Waals surface area (Å²) >= 11 is 0. The van der Waals surface area contributed by atoms with Crippen LogP contribution < -0.4 is 25.3 Å². The maximum Gasteiger partial charge on any atom is 0.231 e. The van der Waals surface area contributed by atoms with Crippen LogP contribution in [0.25, 0.3) is 0 Å². The van der Waals surface area contributed by atoms with Crippen molar-refractivity contribution in [1.29, 1.82) is 0 Å². The fourth-order valence-corrected chi connectivity index (χ4v) is 2.95. The fraction of sp³-hybridized carbons (Fsp3) is 0.450. The molecule has 0 spiro atoms. The van der Waals surface area contributed by atoms with E-state index in [1.54, 1.807) is 27.5 Å². The number of nitrogens with zero attached hydrogens (tertiary/aromatic N) is 2. The fourth-order valence-electron chi connectivity index (χ4n) is 2.95. The van der Waals surface area contributed by atoms with Gasteiger partial charge in [0, 0.05) is 24.1 Å². The van der Waals surface area contributed by atoms with Gasteiger partial charge in [-0.25, -0.2) is 4.98 Å². The highest BCUT2D eigenvalue weighted by atomic mass is 16.5. The van der Waals surface area contributed by atoms with Crippen LogP contribution in [0.2, 0.25) is 0 Å². The van der Waals surface area contributed by atoms with Gasteiger partial charge in [0.2, 0.25) is 17.6 Å². The van der Waals surface area contributed by atoms with Crippen molar-refractivity contribution in [2.75, 3.05) is 32.4 Å². The third-order valence-corrected chi connectivity index (χ3v) is 4.61. The zero-order valence-corrected chi connectivity index (χ0v) is 17.0. The minimum Gasteiger partial charge on any atom is -0.493 e. The Hall–Kier alpha value is -3.03. The molecule has 1 aromatic carbocycles. The first kappa shape index (κ1) is 21.3. The van der Waals surface area contributed by atoms with Gasteiger partial charge in [-0.2, -0.15) is 4.98 Å². The van der Waals surface area contributed by atoms with Crippen LogP contribution in [-0.2, 0) is 11.2 Å². The van der Waals surface area contributed by atoms with E-state index in [4.69, 9.17) is 19.9 Å². The van der Waals surface area contributed by atoms with E-state index in [9.17, 15) is 4.79 Å². The van der Waals surface area contributed by atoms with Gasteiger partial charge in [-0.1, -0.05) is 13.8 Å². The van der Waals surface area contributed by atoms with E-state index < -0.39 is 0 Å². The minimum atomic E-state index is -0.0956. The standard InChI is InChI=1S/C20H28N4O4/c1-6-13(7-2)19(25)24-20-22-11-14(18(21)23-20)8-12-9-15(26-3)17(28-5)16(10-12)27-4/h9-11,13H,6-8H2,1-5H3,(H3,21,22,23,24,25). The number of methoxy groups -OCH3 is 3. The molecule has 0 radical (unpaired) electrons. The molecule has 0 aliphatic rings. The third kappa shape index (κ3) is 4.82. The SMILES string of the molecule is CCC(CC)C(=O)Nc1ncc(Cc2cc(OC)c(OC)c(OC)c2)c(N)n1. The lowest BCUT2D eigenvalue weighted by molar-refractivity contribution is -0.120. The number of amides is 1. The molecule has 0 aliphatic carbocycles. The summed E-state index contributed by atoms with van der Waals surface area (Å²) in [5.74, 6) is 2.00. The second-order valence-electron chi connectivity index (χ2n) is 6.32. The van der Waals surface area contributed by atoms with Crippen LogP contribution >= 0.6 is 0 Å². The molecule has 1 aromatic heterocycles. The van der Waals surface area contributed by atoms with Gasteiger partial charge in [0.15, 0.2) is 11.5 Å². The molecule has 0 atom stereocenters. The molecular formula is C20H28N4O4. The molecule has 0 saturated heterocycles. The molecule has 3 N–H and O–H groups in total. The average Bonchev–Trinajstić information content (AvgIpc) is 2.70. The molecule has 0 bridgehead atoms. The lowest BCUT2D eigenvalue weighted by Gasteiger charge is -2.15. The number of benzene rings is 1. The number of nitrogens with two attached hydrogens (primary N) is 1. The molecule has 152 valence electrons. The van der Waals surface area contributed by atoms with E-state index in [0.717, 1.165) is 24.0 Å². The molecular weight excluding hydrogens is 360 g/mol. The average molecular weight is 388 g/mol. The number of aromatic nitrogens is 2. The molecule has 0 fully saturated rings. The van der Waals surface area contributed by atoms with Gasteiger partial charge in [0.1, 0.15) is 5.82 Å². The van der Waals surface area contributed by atoms with Gasteiger partial charge < -0.3 is 19.9 Å². The van der Waals surface area contributed by atoms with E-state index in [1.807, 2.05) is 26.0 Å². The Kier molecular flexibility index (Phi) is 7.43. The number of nitrogens with one attached hydrogen (secondary N) is 1. The van der Waals surface area contributed by atoms with Gasteiger partial charge >= 0.3 is 0 Å². The summed E-state index contributed by atoms with van der Waals surface area (Å²) in [5.41, 5.74) is 7.73. The highest BCUT2D eigenvalue weighted by molar-refractivity contribution is 5.90. The van der Waals surface area contributed by atoms with E-state index >= 15 is 0 Å². The van der Waals surface area contributed by atoms with Crippen LogP contribution in [0.15, 0.2) is 18.3 Å². The van der Waals surface area contributed by atoms with Crippen molar-refractivity contribution in [2.24, 2.45) is 5.92 Å². The summed E-state index contributed by atoms with van der Waals surface area (Å²) in [7, 11) is 4.69. The summed E-state index contributed by atoms with van der Waals surface area (Å²) in [6, 6.07) is 3.70. The van der Waals surface area contributed by atoms with Gasteiger partial charge in [-0.05, 0) is 30.5 Å². The van der Waals surface area contributed by atoms with E-state index in [2.05, 4.69) is 15.3 Å². The molecule has 0 unspecified atom stereocenters. The Labute approximate surface area is 165 Å².